The maximum atomic E-state index is 6.14. The Balaban J connectivity index is 2.28. The van der Waals surface area contributed by atoms with Crippen LogP contribution in [0.4, 0.5) is 0 Å². The van der Waals surface area contributed by atoms with Crippen LogP contribution in [0, 0.1) is 0 Å². The summed E-state index contributed by atoms with van der Waals surface area (Å²) in [6, 6.07) is 6.20. The Morgan fingerprint density at radius 2 is 2.20 bits per heavy atom. The molecule has 0 heterocycles. The molecule has 1 fully saturated rings. The molecule has 1 aromatic carbocycles. The Hall–Kier alpha value is -0.670. The van der Waals surface area contributed by atoms with Gasteiger partial charge in [-0.05, 0) is 37.1 Å². The lowest BCUT2D eigenvalue weighted by Gasteiger charge is -2.14. The zero-order chi connectivity index (χ0) is 10.9. The first-order valence-electron chi connectivity index (χ1n) is 5.17. The van der Waals surface area contributed by atoms with Crippen LogP contribution in [0.15, 0.2) is 23.1 Å². The van der Waals surface area contributed by atoms with E-state index in [0.717, 1.165) is 25.0 Å². The molecule has 1 aromatic rings. The fourth-order valence-corrected chi connectivity index (χ4v) is 2.56. The third-order valence-corrected chi connectivity index (χ3v) is 3.79. The zero-order valence-corrected chi connectivity index (χ0v) is 10.1. The van der Waals surface area contributed by atoms with Crippen LogP contribution >= 0.6 is 11.8 Å². The van der Waals surface area contributed by atoms with E-state index >= 15 is 0 Å². The predicted molar refractivity (Wildman–Crippen MR) is 64.6 cm³/mol. The van der Waals surface area contributed by atoms with Gasteiger partial charge in [-0.2, -0.15) is 0 Å². The van der Waals surface area contributed by atoms with Gasteiger partial charge >= 0.3 is 0 Å². The summed E-state index contributed by atoms with van der Waals surface area (Å²) in [4.78, 5) is 1.23. The van der Waals surface area contributed by atoms with E-state index in [4.69, 9.17) is 10.5 Å². The number of hydrogen-bond acceptors (Lipinski definition) is 3. The van der Waals surface area contributed by atoms with Gasteiger partial charge in [0, 0.05) is 5.54 Å². The maximum absolute atomic E-state index is 6.14. The van der Waals surface area contributed by atoms with Crippen molar-refractivity contribution in [3.63, 3.8) is 0 Å². The molecule has 0 aromatic heterocycles. The number of benzene rings is 1. The van der Waals surface area contributed by atoms with Crippen LogP contribution in [-0.4, -0.2) is 18.9 Å². The minimum absolute atomic E-state index is 0.0663. The summed E-state index contributed by atoms with van der Waals surface area (Å²) in [5.41, 5.74) is 7.53. The summed E-state index contributed by atoms with van der Waals surface area (Å²) in [6.07, 6.45) is 5.36. The number of nitrogens with two attached hydrogens (primary N) is 1. The molecule has 15 heavy (non-hydrogen) atoms. The van der Waals surface area contributed by atoms with Gasteiger partial charge in [-0.3, -0.25) is 0 Å². The second-order valence-electron chi connectivity index (χ2n) is 4.19. The van der Waals surface area contributed by atoms with Crippen LogP contribution in [0.25, 0.3) is 0 Å². The lowest BCUT2D eigenvalue weighted by molar-refractivity contribution is 0.403. The van der Waals surface area contributed by atoms with Crippen LogP contribution in [0.3, 0.4) is 0 Å². The smallest absolute Gasteiger partial charge is 0.132 e. The first-order chi connectivity index (χ1) is 7.18. The van der Waals surface area contributed by atoms with Crippen LogP contribution in [0.5, 0.6) is 5.75 Å². The first-order valence-corrected chi connectivity index (χ1v) is 6.40. The third kappa shape index (κ3) is 2.29. The molecule has 0 aliphatic heterocycles. The van der Waals surface area contributed by atoms with E-state index in [1.165, 1.54) is 10.5 Å². The van der Waals surface area contributed by atoms with E-state index in [-0.39, 0.29) is 5.54 Å². The minimum Gasteiger partial charge on any atom is -0.496 e. The molecule has 0 spiro atoms. The molecule has 0 saturated heterocycles. The van der Waals surface area contributed by atoms with Gasteiger partial charge in [0.25, 0.3) is 0 Å². The fourth-order valence-electron chi connectivity index (χ4n) is 1.81. The van der Waals surface area contributed by atoms with Crippen molar-refractivity contribution in [1.82, 2.24) is 0 Å². The summed E-state index contributed by atoms with van der Waals surface area (Å²) in [5, 5.41) is 0. The summed E-state index contributed by atoms with van der Waals surface area (Å²) >= 11 is 1.73. The van der Waals surface area contributed by atoms with Gasteiger partial charge in [-0.25, -0.2) is 0 Å². The molecule has 82 valence electrons. The molecule has 1 saturated carbocycles. The van der Waals surface area contributed by atoms with Crippen molar-refractivity contribution < 1.29 is 4.74 Å². The van der Waals surface area contributed by atoms with E-state index in [2.05, 4.69) is 12.3 Å². The van der Waals surface area contributed by atoms with Crippen LogP contribution < -0.4 is 10.5 Å². The van der Waals surface area contributed by atoms with E-state index in [0.29, 0.717) is 0 Å². The quantitative estimate of drug-likeness (QED) is 0.796. The van der Waals surface area contributed by atoms with Crippen molar-refractivity contribution in [1.29, 1.82) is 0 Å². The molecule has 0 bridgehead atoms. The average molecular weight is 223 g/mol. The Morgan fingerprint density at radius 3 is 2.73 bits per heavy atom. The van der Waals surface area contributed by atoms with Gasteiger partial charge in [0.05, 0.1) is 12.0 Å². The summed E-state index contributed by atoms with van der Waals surface area (Å²) in [6.45, 7) is 0. The molecule has 0 radical (unpaired) electrons. The molecule has 1 aliphatic rings. The molecule has 0 amide bonds. The molecule has 2 rings (SSSR count). The van der Waals surface area contributed by atoms with Crippen molar-refractivity contribution in [2.24, 2.45) is 5.73 Å². The number of methoxy groups -OCH3 is 1. The second-order valence-corrected chi connectivity index (χ2v) is 5.01. The van der Waals surface area contributed by atoms with Crippen molar-refractivity contribution in [2.45, 2.75) is 29.7 Å². The highest BCUT2D eigenvalue weighted by Crippen LogP contribution is 2.39. The highest BCUT2D eigenvalue weighted by atomic mass is 32.2. The average Bonchev–Trinajstić information content (AvgIpc) is 2.95. The lowest BCUT2D eigenvalue weighted by atomic mass is 10.0. The highest BCUT2D eigenvalue weighted by molar-refractivity contribution is 7.98. The van der Waals surface area contributed by atoms with E-state index in [1.54, 1.807) is 18.9 Å². The SMILES string of the molecule is COc1cccc(CC2(N)CC2)c1SC. The largest absolute Gasteiger partial charge is 0.496 e. The second kappa shape index (κ2) is 4.06. The molecular formula is C12H17NOS. The molecule has 3 heteroatoms. The van der Waals surface area contributed by atoms with Crippen LogP contribution in [0.1, 0.15) is 18.4 Å². The highest BCUT2D eigenvalue weighted by Gasteiger charge is 2.38. The van der Waals surface area contributed by atoms with Gasteiger partial charge < -0.3 is 10.5 Å². The van der Waals surface area contributed by atoms with Gasteiger partial charge in [-0.15, -0.1) is 11.8 Å². The van der Waals surface area contributed by atoms with Crippen molar-refractivity contribution >= 4 is 11.8 Å². The van der Waals surface area contributed by atoms with Gasteiger partial charge in [-0.1, -0.05) is 12.1 Å². The number of ether oxygens (including phenoxy) is 1. The van der Waals surface area contributed by atoms with Gasteiger partial charge in [0.2, 0.25) is 0 Å². The lowest BCUT2D eigenvalue weighted by Crippen LogP contribution is -2.24. The Labute approximate surface area is 95.2 Å². The summed E-state index contributed by atoms with van der Waals surface area (Å²) in [7, 11) is 1.72. The number of rotatable bonds is 4. The Bertz CT molecular complexity index is 361. The summed E-state index contributed by atoms with van der Waals surface area (Å²) < 4.78 is 5.35. The summed E-state index contributed by atoms with van der Waals surface area (Å²) in [5.74, 6) is 0.962. The Kier molecular flexibility index (Phi) is 2.94. The van der Waals surface area contributed by atoms with Crippen LogP contribution in [0.2, 0.25) is 0 Å². The topological polar surface area (TPSA) is 35.2 Å². The standard InChI is InChI=1S/C12H17NOS/c1-14-10-5-3-4-9(11(10)15-2)8-12(13)6-7-12/h3-5H,6-8,13H2,1-2H3. The first kappa shape index (κ1) is 10.8. The minimum atomic E-state index is 0.0663. The van der Waals surface area contributed by atoms with Crippen LogP contribution in [-0.2, 0) is 6.42 Å². The zero-order valence-electron chi connectivity index (χ0n) is 9.25. The number of thioether (sulfide) groups is 1. The van der Waals surface area contributed by atoms with Gasteiger partial charge in [0.15, 0.2) is 0 Å². The Morgan fingerprint density at radius 1 is 1.47 bits per heavy atom. The number of hydrogen-bond donors (Lipinski definition) is 1. The fraction of sp³-hybridized carbons (Fsp3) is 0.500. The molecule has 1 aliphatic carbocycles. The maximum Gasteiger partial charge on any atom is 0.132 e. The van der Waals surface area contributed by atoms with E-state index < -0.39 is 0 Å². The van der Waals surface area contributed by atoms with Crippen molar-refractivity contribution in [2.75, 3.05) is 13.4 Å². The molecule has 2 nitrogen and oxygen atoms in total. The predicted octanol–water partition coefficient (Wildman–Crippen LogP) is 2.45. The van der Waals surface area contributed by atoms with E-state index in [1.807, 2.05) is 12.1 Å². The molecular weight excluding hydrogens is 206 g/mol. The van der Waals surface area contributed by atoms with Crippen molar-refractivity contribution in [3.05, 3.63) is 23.8 Å². The normalized spacial score (nSPS) is 17.5. The molecule has 0 unspecified atom stereocenters. The van der Waals surface area contributed by atoms with Crippen molar-refractivity contribution in [3.8, 4) is 5.75 Å². The molecule has 0 atom stereocenters. The van der Waals surface area contributed by atoms with Gasteiger partial charge in [0.1, 0.15) is 5.75 Å². The van der Waals surface area contributed by atoms with E-state index in [9.17, 15) is 0 Å². The monoisotopic (exact) mass is 223 g/mol. The molecule has 2 N–H and O–H groups in total. The third-order valence-electron chi connectivity index (χ3n) is 2.92.